The Bertz CT molecular complexity index is 565. The van der Waals surface area contributed by atoms with E-state index in [1.165, 1.54) is 31.1 Å². The molecule has 2 rings (SSSR count). The Morgan fingerprint density at radius 1 is 1.38 bits per heavy atom. The molecule has 2 heterocycles. The molecule has 1 unspecified atom stereocenters. The van der Waals surface area contributed by atoms with Gasteiger partial charge in [-0.25, -0.2) is 4.98 Å². The van der Waals surface area contributed by atoms with E-state index in [1.54, 1.807) is 0 Å². The Balaban J connectivity index is 1.90. The van der Waals surface area contributed by atoms with E-state index < -0.39 is 6.04 Å². The fraction of sp³-hybridized carbons (Fsp3) is 0.706. The van der Waals surface area contributed by atoms with Crippen molar-refractivity contribution in [2.24, 2.45) is 11.8 Å². The molecule has 0 bridgehead atoms. The minimum absolute atomic E-state index is 0.0173. The number of thiazole rings is 1. The molecule has 1 saturated heterocycles. The minimum atomic E-state index is -0.543. The van der Waals surface area contributed by atoms with Crippen LogP contribution in [0.25, 0.3) is 0 Å². The Labute approximate surface area is 148 Å². The lowest BCUT2D eigenvalue weighted by atomic mass is 9.99. The van der Waals surface area contributed by atoms with E-state index in [1.807, 2.05) is 19.2 Å². The molecule has 1 aromatic rings. The molecule has 1 aliphatic rings. The number of aromatic nitrogens is 1. The number of piperidine rings is 1. The highest BCUT2D eigenvalue weighted by molar-refractivity contribution is 7.13. The molecule has 6 nitrogen and oxygen atoms in total. The molecule has 1 aliphatic heterocycles. The molecular formula is C17H28N4O2S. The number of hydrogen-bond acceptors (Lipinski definition) is 5. The molecule has 1 aromatic heterocycles. The third-order valence-electron chi connectivity index (χ3n) is 4.35. The highest BCUT2D eigenvalue weighted by atomic mass is 32.1. The smallest absolute Gasteiger partial charge is 0.248 e. The molecule has 2 amide bonds. The lowest BCUT2D eigenvalue weighted by Gasteiger charge is -2.29. The van der Waals surface area contributed by atoms with Gasteiger partial charge in [-0.05, 0) is 37.8 Å². The van der Waals surface area contributed by atoms with E-state index in [4.69, 9.17) is 0 Å². The van der Waals surface area contributed by atoms with Crippen LogP contribution in [0.5, 0.6) is 0 Å². The van der Waals surface area contributed by atoms with Crippen molar-refractivity contribution in [1.82, 2.24) is 15.2 Å². The van der Waals surface area contributed by atoms with Gasteiger partial charge in [0.15, 0.2) is 5.13 Å². The van der Waals surface area contributed by atoms with Crippen molar-refractivity contribution in [3.8, 4) is 0 Å². The molecule has 1 atom stereocenters. The van der Waals surface area contributed by atoms with Gasteiger partial charge in [-0.15, -0.1) is 11.3 Å². The SMILES string of the molecule is CC(=O)NC(C(=O)Nc1nc(CN2CCC(C)CC2)cs1)C(C)C. The van der Waals surface area contributed by atoms with Crippen LogP contribution in [0.1, 0.15) is 46.2 Å². The first-order valence-corrected chi connectivity index (χ1v) is 9.48. The highest BCUT2D eigenvalue weighted by Crippen LogP contribution is 2.21. The van der Waals surface area contributed by atoms with Crippen molar-refractivity contribution < 1.29 is 9.59 Å². The van der Waals surface area contributed by atoms with Crippen molar-refractivity contribution in [3.63, 3.8) is 0 Å². The summed E-state index contributed by atoms with van der Waals surface area (Å²) in [5.41, 5.74) is 0.991. The molecule has 0 spiro atoms. The molecule has 2 N–H and O–H groups in total. The van der Waals surface area contributed by atoms with Crippen molar-refractivity contribution >= 4 is 28.3 Å². The molecule has 0 radical (unpaired) electrons. The zero-order valence-corrected chi connectivity index (χ0v) is 15.8. The third kappa shape index (κ3) is 5.56. The summed E-state index contributed by atoms with van der Waals surface area (Å²) in [4.78, 5) is 30.5. The highest BCUT2D eigenvalue weighted by Gasteiger charge is 2.24. The summed E-state index contributed by atoms with van der Waals surface area (Å²) in [6.07, 6.45) is 2.47. The van der Waals surface area contributed by atoms with Gasteiger partial charge >= 0.3 is 0 Å². The first kappa shape index (κ1) is 18.9. The molecule has 7 heteroatoms. The van der Waals surface area contributed by atoms with E-state index in [9.17, 15) is 9.59 Å². The molecule has 1 fully saturated rings. The van der Waals surface area contributed by atoms with Crippen molar-refractivity contribution in [2.45, 2.75) is 53.1 Å². The number of nitrogens with one attached hydrogen (secondary N) is 2. The number of hydrogen-bond donors (Lipinski definition) is 2. The number of carbonyl (C=O) groups excluding carboxylic acids is 2. The maximum absolute atomic E-state index is 12.4. The normalized spacial score (nSPS) is 17.7. The van der Waals surface area contributed by atoms with Gasteiger partial charge in [-0.1, -0.05) is 20.8 Å². The molecular weight excluding hydrogens is 324 g/mol. The standard InChI is InChI=1S/C17H28N4O2S/c1-11(2)15(18-13(4)22)16(23)20-17-19-14(10-24-17)9-21-7-5-12(3)6-8-21/h10-12,15H,5-9H2,1-4H3,(H,18,22)(H,19,20,23). The fourth-order valence-electron chi connectivity index (χ4n) is 2.82. The number of amides is 2. The summed E-state index contributed by atoms with van der Waals surface area (Å²) in [5.74, 6) is 0.410. The van der Waals surface area contributed by atoms with Crippen LogP contribution in [0.2, 0.25) is 0 Å². The van der Waals surface area contributed by atoms with Crippen LogP contribution in [-0.4, -0.2) is 40.8 Å². The maximum atomic E-state index is 12.4. The topological polar surface area (TPSA) is 74.3 Å². The average Bonchev–Trinajstić information content (AvgIpc) is 2.93. The molecule has 134 valence electrons. The molecule has 0 aliphatic carbocycles. The summed E-state index contributed by atoms with van der Waals surface area (Å²) in [7, 11) is 0. The largest absolute Gasteiger partial charge is 0.344 e. The van der Waals surface area contributed by atoms with E-state index >= 15 is 0 Å². The molecule has 0 aromatic carbocycles. The van der Waals surface area contributed by atoms with Crippen LogP contribution in [0.4, 0.5) is 5.13 Å². The van der Waals surface area contributed by atoms with Gasteiger partial charge in [0, 0.05) is 18.8 Å². The van der Waals surface area contributed by atoms with E-state index in [2.05, 4.69) is 27.4 Å². The van der Waals surface area contributed by atoms with Crippen LogP contribution >= 0.6 is 11.3 Å². The van der Waals surface area contributed by atoms with E-state index in [-0.39, 0.29) is 17.7 Å². The zero-order valence-electron chi connectivity index (χ0n) is 15.0. The Morgan fingerprint density at radius 2 is 2.04 bits per heavy atom. The van der Waals surface area contributed by atoms with Crippen molar-refractivity contribution in [2.75, 3.05) is 18.4 Å². The summed E-state index contributed by atoms with van der Waals surface area (Å²) in [5, 5.41) is 8.11. The Morgan fingerprint density at radius 3 is 2.62 bits per heavy atom. The Hall–Kier alpha value is -1.47. The summed E-state index contributed by atoms with van der Waals surface area (Å²) >= 11 is 1.43. The van der Waals surface area contributed by atoms with Crippen LogP contribution in [0.3, 0.4) is 0 Å². The first-order valence-electron chi connectivity index (χ1n) is 8.60. The minimum Gasteiger partial charge on any atom is -0.344 e. The monoisotopic (exact) mass is 352 g/mol. The van der Waals surface area contributed by atoms with Gasteiger partial charge in [0.2, 0.25) is 11.8 Å². The summed E-state index contributed by atoms with van der Waals surface area (Å²) < 4.78 is 0. The van der Waals surface area contributed by atoms with Crippen LogP contribution in [-0.2, 0) is 16.1 Å². The summed E-state index contributed by atoms with van der Waals surface area (Å²) in [6.45, 7) is 10.6. The number of likely N-dealkylation sites (tertiary alicyclic amines) is 1. The Kier molecular flexibility index (Phi) is 6.74. The van der Waals surface area contributed by atoms with E-state index in [0.29, 0.717) is 5.13 Å². The second-order valence-corrected chi connectivity index (χ2v) is 7.87. The number of anilines is 1. The zero-order chi connectivity index (χ0) is 17.7. The maximum Gasteiger partial charge on any atom is 0.248 e. The van der Waals surface area contributed by atoms with Crippen LogP contribution in [0.15, 0.2) is 5.38 Å². The fourth-order valence-corrected chi connectivity index (χ4v) is 3.53. The molecule has 24 heavy (non-hydrogen) atoms. The lowest BCUT2D eigenvalue weighted by Crippen LogP contribution is -2.46. The van der Waals surface area contributed by atoms with Gasteiger partial charge < -0.3 is 10.6 Å². The quantitative estimate of drug-likeness (QED) is 0.825. The third-order valence-corrected chi connectivity index (χ3v) is 5.16. The van der Waals surface area contributed by atoms with Crippen molar-refractivity contribution in [1.29, 1.82) is 0 Å². The van der Waals surface area contributed by atoms with Crippen LogP contribution in [0, 0.1) is 11.8 Å². The molecule has 0 saturated carbocycles. The van der Waals surface area contributed by atoms with Gasteiger partial charge in [0.05, 0.1) is 5.69 Å². The second-order valence-electron chi connectivity index (χ2n) is 7.01. The number of nitrogens with zero attached hydrogens (tertiary/aromatic N) is 2. The summed E-state index contributed by atoms with van der Waals surface area (Å²) in [6, 6.07) is -0.543. The van der Waals surface area contributed by atoms with Crippen LogP contribution < -0.4 is 10.6 Å². The van der Waals surface area contributed by atoms with E-state index in [0.717, 1.165) is 31.2 Å². The number of carbonyl (C=O) groups is 2. The lowest BCUT2D eigenvalue weighted by molar-refractivity contribution is -0.126. The average molecular weight is 353 g/mol. The number of rotatable bonds is 6. The van der Waals surface area contributed by atoms with Gasteiger partial charge in [-0.2, -0.15) is 0 Å². The first-order chi connectivity index (χ1) is 11.3. The van der Waals surface area contributed by atoms with Crippen molar-refractivity contribution in [3.05, 3.63) is 11.1 Å². The predicted molar refractivity (Wildman–Crippen MR) is 96.9 cm³/mol. The van der Waals surface area contributed by atoms with Gasteiger partial charge in [-0.3, -0.25) is 14.5 Å². The van der Waals surface area contributed by atoms with Gasteiger partial charge in [0.25, 0.3) is 0 Å². The predicted octanol–water partition coefficient (Wildman–Crippen LogP) is 2.47. The second kappa shape index (κ2) is 8.58. The van der Waals surface area contributed by atoms with Gasteiger partial charge in [0.1, 0.15) is 6.04 Å².